The normalized spacial score (nSPS) is 13.2. The molecule has 4 aromatic carbocycles. The van der Waals surface area contributed by atoms with Crippen LogP contribution in [0.25, 0.3) is 0 Å². The number of hydrogen-bond donors (Lipinski definition) is 2. The first kappa shape index (κ1) is 31.4. The van der Waals surface area contributed by atoms with Gasteiger partial charge in [-0.25, -0.2) is 8.42 Å². The van der Waals surface area contributed by atoms with Crippen molar-refractivity contribution in [3.05, 3.63) is 125 Å². The lowest BCUT2D eigenvalue weighted by Gasteiger charge is -2.26. The molecule has 1 heterocycles. The van der Waals surface area contributed by atoms with Gasteiger partial charge in [0.05, 0.1) is 22.6 Å². The number of benzene rings is 4. The van der Waals surface area contributed by atoms with Crippen molar-refractivity contribution in [2.75, 3.05) is 13.1 Å². The summed E-state index contributed by atoms with van der Waals surface area (Å²) in [4.78, 5) is 39.7. The number of amides is 3. The molecule has 5 rings (SSSR count). The van der Waals surface area contributed by atoms with Crippen molar-refractivity contribution in [2.45, 2.75) is 17.4 Å². The van der Waals surface area contributed by atoms with Gasteiger partial charge >= 0.3 is 0 Å². The predicted octanol–water partition coefficient (Wildman–Crippen LogP) is 4.74. The lowest BCUT2D eigenvalue weighted by atomic mass is 10.1. The number of hydrogen-bond acceptors (Lipinski definition) is 7. The number of carbonyl (C=O) groups is 3. The van der Waals surface area contributed by atoms with Crippen molar-refractivity contribution in [1.29, 1.82) is 0 Å². The summed E-state index contributed by atoms with van der Waals surface area (Å²) in [6.07, 6.45) is -0.396. The van der Waals surface area contributed by atoms with Crippen LogP contribution in [0.4, 0.5) is 0 Å². The van der Waals surface area contributed by atoms with Gasteiger partial charge in [-0.2, -0.15) is 0 Å². The number of fused-ring (bicyclic) bond motifs is 1. The second-order valence-electron chi connectivity index (χ2n) is 9.80. The minimum Gasteiger partial charge on any atom is -0.457 e. The highest BCUT2D eigenvalue weighted by Crippen LogP contribution is 2.26. The predicted molar refractivity (Wildman–Crippen MR) is 165 cm³/mol. The lowest BCUT2D eigenvalue weighted by Crippen LogP contribution is -2.49. The fourth-order valence-electron chi connectivity index (χ4n) is 4.54. The van der Waals surface area contributed by atoms with Crippen LogP contribution >= 0.6 is 11.6 Å². The third kappa shape index (κ3) is 7.22. The number of para-hydroxylation sites is 1. The summed E-state index contributed by atoms with van der Waals surface area (Å²) < 4.78 is 32.6. The van der Waals surface area contributed by atoms with Crippen LogP contribution in [0.1, 0.15) is 32.7 Å². The average Bonchev–Trinajstić information content (AvgIpc) is 3.29. The van der Waals surface area contributed by atoms with E-state index in [1.54, 1.807) is 60.7 Å². The Bertz CT molecular complexity index is 1850. The first-order valence-corrected chi connectivity index (χ1v) is 15.5. The van der Waals surface area contributed by atoms with Gasteiger partial charge in [0.2, 0.25) is 5.91 Å². The van der Waals surface area contributed by atoms with Crippen molar-refractivity contribution in [2.24, 2.45) is 0 Å². The number of carbonyl (C=O) groups excluding carboxylic acids is 3. The standard InChI is InChI=1S/C33H26ClN3O7S/c34-24-14-12-23(13-15-24)7-6-21-35-31(38)30(20-22-36-32(39)28-10-4-5-11-29(28)33(36)40)37(41)45(42,43)27-18-16-26(17-19-27)44-25-8-2-1-3-9-25/h1-5,8-19,30,41H,20-22H2,(H,35,38). The fraction of sp³-hybridized carbons (Fsp3) is 0.121. The van der Waals surface area contributed by atoms with E-state index in [1.165, 1.54) is 36.4 Å². The van der Waals surface area contributed by atoms with Gasteiger partial charge in [-0.1, -0.05) is 58.2 Å². The highest BCUT2D eigenvalue weighted by Gasteiger charge is 2.39. The van der Waals surface area contributed by atoms with Crippen LogP contribution in [0, 0.1) is 11.8 Å². The number of sulfonamides is 1. The number of nitrogens with zero attached hydrogens (tertiary/aromatic N) is 2. The molecule has 1 aliphatic rings. The van der Waals surface area contributed by atoms with Crippen molar-refractivity contribution >= 4 is 39.3 Å². The summed E-state index contributed by atoms with van der Waals surface area (Å²) in [5.41, 5.74) is 1.04. The van der Waals surface area contributed by atoms with Gasteiger partial charge in [-0.3, -0.25) is 24.5 Å². The van der Waals surface area contributed by atoms with E-state index < -0.39 is 40.2 Å². The molecule has 228 valence electrons. The Balaban J connectivity index is 1.33. The number of imide groups is 1. The Kier molecular flexibility index (Phi) is 9.61. The molecule has 3 amide bonds. The van der Waals surface area contributed by atoms with E-state index in [2.05, 4.69) is 17.2 Å². The van der Waals surface area contributed by atoms with E-state index in [9.17, 15) is 28.0 Å². The second-order valence-corrected chi connectivity index (χ2v) is 12.0. The number of nitrogens with one attached hydrogen (secondary N) is 1. The van der Waals surface area contributed by atoms with Gasteiger partial charge in [-0.15, -0.1) is 0 Å². The molecule has 0 aliphatic carbocycles. The summed E-state index contributed by atoms with van der Waals surface area (Å²) >= 11 is 5.89. The van der Waals surface area contributed by atoms with E-state index >= 15 is 0 Å². The van der Waals surface area contributed by atoms with E-state index in [-0.39, 0.29) is 33.6 Å². The van der Waals surface area contributed by atoms with Crippen LogP contribution in [0.15, 0.2) is 108 Å². The summed E-state index contributed by atoms with van der Waals surface area (Å²) in [5.74, 6) is 4.46. The molecule has 2 N–H and O–H groups in total. The van der Waals surface area contributed by atoms with E-state index in [0.29, 0.717) is 22.1 Å². The van der Waals surface area contributed by atoms with Crippen LogP contribution in [0.5, 0.6) is 11.5 Å². The van der Waals surface area contributed by atoms with E-state index in [4.69, 9.17) is 16.3 Å². The Labute approximate surface area is 264 Å². The SMILES string of the molecule is O=C(NCC#Cc1ccc(Cl)cc1)C(CCN1C(=O)c2ccccc2C1=O)N(O)S(=O)(=O)c1ccc(Oc2ccccc2)cc1. The molecule has 0 radical (unpaired) electrons. The molecular weight excluding hydrogens is 618 g/mol. The van der Waals surface area contributed by atoms with Crippen LogP contribution in [-0.4, -0.2) is 59.8 Å². The molecule has 45 heavy (non-hydrogen) atoms. The molecule has 0 saturated heterocycles. The van der Waals surface area contributed by atoms with Crippen LogP contribution in [0.3, 0.4) is 0 Å². The zero-order chi connectivity index (χ0) is 32.0. The molecule has 1 unspecified atom stereocenters. The van der Waals surface area contributed by atoms with Gasteiger partial charge in [0.25, 0.3) is 21.8 Å². The minimum absolute atomic E-state index is 0.0554. The van der Waals surface area contributed by atoms with Crippen molar-refractivity contribution in [3.8, 4) is 23.3 Å². The fourth-order valence-corrected chi connectivity index (χ4v) is 5.90. The molecule has 4 aromatic rings. The summed E-state index contributed by atoms with van der Waals surface area (Å²) in [6, 6.07) is 25.4. The largest absolute Gasteiger partial charge is 0.457 e. The van der Waals surface area contributed by atoms with Crippen LogP contribution < -0.4 is 10.1 Å². The summed E-state index contributed by atoms with van der Waals surface area (Å²) in [7, 11) is -4.64. The Morgan fingerprint density at radius 2 is 1.44 bits per heavy atom. The van der Waals surface area contributed by atoms with E-state index in [1.807, 2.05) is 6.07 Å². The molecule has 1 aliphatic heterocycles. The number of rotatable bonds is 10. The topological polar surface area (TPSA) is 133 Å². The van der Waals surface area contributed by atoms with Gasteiger partial charge < -0.3 is 10.1 Å². The third-order valence-electron chi connectivity index (χ3n) is 6.85. The van der Waals surface area contributed by atoms with Crippen LogP contribution in [0.2, 0.25) is 5.02 Å². The first-order valence-electron chi connectivity index (χ1n) is 13.7. The smallest absolute Gasteiger partial charge is 0.265 e. The quantitative estimate of drug-likeness (QED) is 0.145. The third-order valence-corrected chi connectivity index (χ3v) is 8.72. The zero-order valence-electron chi connectivity index (χ0n) is 23.6. The van der Waals surface area contributed by atoms with Gasteiger partial charge in [0.1, 0.15) is 17.5 Å². The first-order chi connectivity index (χ1) is 21.6. The molecule has 0 fully saturated rings. The number of ether oxygens (including phenoxy) is 1. The highest BCUT2D eigenvalue weighted by atomic mass is 35.5. The average molecular weight is 644 g/mol. The second kappa shape index (κ2) is 13.8. The summed E-state index contributed by atoms with van der Waals surface area (Å²) in [5, 5.41) is 14.1. The Morgan fingerprint density at radius 3 is 2.07 bits per heavy atom. The molecule has 0 aromatic heterocycles. The van der Waals surface area contributed by atoms with Crippen molar-refractivity contribution in [1.82, 2.24) is 14.7 Å². The van der Waals surface area contributed by atoms with Crippen LogP contribution in [-0.2, 0) is 14.8 Å². The number of hydroxylamine groups is 1. The van der Waals surface area contributed by atoms with Crippen molar-refractivity contribution < 1.29 is 32.7 Å². The summed E-state index contributed by atoms with van der Waals surface area (Å²) in [6.45, 7) is -0.512. The van der Waals surface area contributed by atoms with Gasteiger partial charge in [-0.05, 0) is 79.2 Å². The molecule has 1 atom stereocenters. The molecular formula is C33H26ClN3O7S. The molecule has 0 spiro atoms. The molecule has 0 saturated carbocycles. The maximum Gasteiger partial charge on any atom is 0.265 e. The van der Waals surface area contributed by atoms with Gasteiger partial charge in [0.15, 0.2) is 0 Å². The van der Waals surface area contributed by atoms with E-state index in [0.717, 1.165) is 4.90 Å². The Morgan fingerprint density at radius 1 is 0.867 bits per heavy atom. The molecule has 12 heteroatoms. The Hall–Kier alpha value is -4.99. The monoisotopic (exact) mass is 643 g/mol. The molecule has 0 bridgehead atoms. The lowest BCUT2D eigenvalue weighted by molar-refractivity contribution is -0.134. The maximum atomic E-state index is 13.5. The zero-order valence-corrected chi connectivity index (χ0v) is 25.2. The number of halogens is 1. The minimum atomic E-state index is -4.64. The highest BCUT2D eigenvalue weighted by molar-refractivity contribution is 7.89. The van der Waals surface area contributed by atoms with Gasteiger partial charge in [0, 0.05) is 17.1 Å². The molecule has 10 nitrogen and oxygen atoms in total. The maximum absolute atomic E-state index is 13.5. The van der Waals surface area contributed by atoms with Crippen molar-refractivity contribution in [3.63, 3.8) is 0 Å².